The summed E-state index contributed by atoms with van der Waals surface area (Å²) in [5.41, 5.74) is 2.40. The predicted molar refractivity (Wildman–Crippen MR) is 110 cm³/mol. The Hall–Kier alpha value is -1.90. The molecule has 6 nitrogen and oxygen atoms in total. The Kier molecular flexibility index (Phi) is 5.88. The molecule has 0 saturated carbocycles. The second-order valence-corrected chi connectivity index (χ2v) is 9.68. The predicted octanol–water partition coefficient (Wildman–Crippen LogP) is 2.86. The van der Waals surface area contributed by atoms with E-state index in [-0.39, 0.29) is 5.91 Å². The van der Waals surface area contributed by atoms with Crippen molar-refractivity contribution in [3.8, 4) is 0 Å². The fourth-order valence-corrected chi connectivity index (χ4v) is 5.15. The number of anilines is 1. The Balaban J connectivity index is 1.54. The molecule has 0 spiro atoms. The first-order valence-corrected chi connectivity index (χ1v) is 11.7. The Labute approximate surface area is 164 Å². The Morgan fingerprint density at radius 2 is 1.93 bits per heavy atom. The number of nitrogens with one attached hydrogen (secondary N) is 2. The minimum atomic E-state index is -3.32. The molecule has 1 aromatic carbocycles. The number of hydrogen-bond acceptors (Lipinski definition) is 5. The van der Waals surface area contributed by atoms with Crippen molar-refractivity contribution in [2.75, 3.05) is 24.1 Å². The van der Waals surface area contributed by atoms with Crippen LogP contribution in [0.25, 0.3) is 0 Å². The number of nitrogens with zero attached hydrogens (tertiary/aromatic N) is 1. The number of fused-ring (bicyclic) bond motifs is 1. The molecular weight excluding hydrogens is 382 g/mol. The number of hydrogen-bond donors (Lipinski definition) is 2. The summed E-state index contributed by atoms with van der Waals surface area (Å²) in [6.07, 6.45) is 2.14. The highest BCUT2D eigenvalue weighted by molar-refractivity contribution is 7.92. The lowest BCUT2D eigenvalue weighted by Gasteiger charge is -2.38. The number of benzene rings is 1. The van der Waals surface area contributed by atoms with E-state index >= 15 is 0 Å². The van der Waals surface area contributed by atoms with Gasteiger partial charge >= 0.3 is 0 Å². The van der Waals surface area contributed by atoms with Crippen molar-refractivity contribution < 1.29 is 13.2 Å². The fraction of sp³-hybridized carbons (Fsp3) is 0.421. The molecule has 1 aromatic heterocycles. The first kappa shape index (κ1) is 19.9. The molecule has 1 amide bonds. The summed E-state index contributed by atoms with van der Waals surface area (Å²) in [6, 6.07) is 9.43. The SMILES string of the molecule is CC1Cc2ccsc2C(C)N1CCNC(=O)c1ccc(NS(C)(=O)=O)cc1. The molecule has 2 heterocycles. The molecule has 1 aliphatic heterocycles. The Bertz CT molecular complexity index is 907. The minimum absolute atomic E-state index is 0.157. The highest BCUT2D eigenvalue weighted by atomic mass is 32.2. The van der Waals surface area contributed by atoms with E-state index in [1.165, 1.54) is 10.4 Å². The molecule has 0 saturated heterocycles. The smallest absolute Gasteiger partial charge is 0.251 e. The van der Waals surface area contributed by atoms with Gasteiger partial charge in [-0.2, -0.15) is 0 Å². The van der Waals surface area contributed by atoms with E-state index < -0.39 is 10.0 Å². The van der Waals surface area contributed by atoms with Crippen LogP contribution in [-0.2, 0) is 16.4 Å². The molecule has 1 aliphatic rings. The average molecular weight is 408 g/mol. The van der Waals surface area contributed by atoms with Crippen LogP contribution < -0.4 is 10.0 Å². The van der Waals surface area contributed by atoms with Crippen LogP contribution in [-0.4, -0.2) is 44.6 Å². The number of sulfonamides is 1. The number of carbonyl (C=O) groups is 1. The number of amides is 1. The van der Waals surface area contributed by atoms with Crippen LogP contribution in [0.15, 0.2) is 35.7 Å². The third-order valence-corrected chi connectivity index (χ3v) is 6.58. The molecule has 2 aromatic rings. The number of carbonyl (C=O) groups excluding carboxylic acids is 1. The molecule has 0 radical (unpaired) electrons. The summed E-state index contributed by atoms with van der Waals surface area (Å²) < 4.78 is 24.8. The lowest BCUT2D eigenvalue weighted by atomic mass is 9.97. The van der Waals surface area contributed by atoms with Gasteiger partial charge in [0.05, 0.1) is 6.26 Å². The van der Waals surface area contributed by atoms with Gasteiger partial charge in [-0.3, -0.25) is 14.4 Å². The Morgan fingerprint density at radius 3 is 2.59 bits per heavy atom. The Morgan fingerprint density at radius 1 is 1.22 bits per heavy atom. The van der Waals surface area contributed by atoms with Crippen molar-refractivity contribution in [1.82, 2.24) is 10.2 Å². The largest absolute Gasteiger partial charge is 0.351 e. The van der Waals surface area contributed by atoms with Gasteiger partial charge in [-0.05, 0) is 61.5 Å². The second kappa shape index (κ2) is 8.00. The maximum atomic E-state index is 12.3. The van der Waals surface area contributed by atoms with Crippen LogP contribution in [0.3, 0.4) is 0 Å². The van der Waals surface area contributed by atoms with Crippen LogP contribution >= 0.6 is 11.3 Å². The summed E-state index contributed by atoms with van der Waals surface area (Å²) in [4.78, 5) is 16.2. The summed E-state index contributed by atoms with van der Waals surface area (Å²) in [5, 5.41) is 5.11. The molecule has 3 rings (SSSR count). The zero-order chi connectivity index (χ0) is 19.6. The lowest BCUT2D eigenvalue weighted by Crippen LogP contribution is -2.44. The van der Waals surface area contributed by atoms with Crippen LogP contribution in [0, 0.1) is 0 Å². The standard InChI is InChI=1S/C19H25N3O3S2/c1-13-12-16-8-11-26-18(16)14(2)22(13)10-9-20-19(23)15-4-6-17(7-5-15)21-27(3,24)25/h4-8,11,13-14,21H,9-10,12H2,1-3H3,(H,20,23). The molecule has 146 valence electrons. The van der Waals surface area contributed by atoms with Crippen molar-refractivity contribution in [2.24, 2.45) is 0 Å². The lowest BCUT2D eigenvalue weighted by molar-refractivity contribution is 0.0930. The fourth-order valence-electron chi connectivity index (χ4n) is 3.57. The van der Waals surface area contributed by atoms with Crippen molar-refractivity contribution in [3.63, 3.8) is 0 Å². The zero-order valence-corrected chi connectivity index (χ0v) is 17.4. The van der Waals surface area contributed by atoms with Gasteiger partial charge in [-0.25, -0.2) is 8.42 Å². The van der Waals surface area contributed by atoms with Gasteiger partial charge in [0.2, 0.25) is 10.0 Å². The summed E-state index contributed by atoms with van der Waals surface area (Å²) in [6.45, 7) is 5.81. The van der Waals surface area contributed by atoms with Crippen molar-refractivity contribution in [2.45, 2.75) is 32.4 Å². The molecule has 8 heteroatoms. The number of thiophene rings is 1. The van der Waals surface area contributed by atoms with Crippen LogP contribution in [0.5, 0.6) is 0 Å². The van der Waals surface area contributed by atoms with Crippen molar-refractivity contribution in [1.29, 1.82) is 0 Å². The average Bonchev–Trinajstić information content (AvgIpc) is 3.05. The highest BCUT2D eigenvalue weighted by Gasteiger charge is 2.29. The van der Waals surface area contributed by atoms with Crippen LogP contribution in [0.2, 0.25) is 0 Å². The quantitative estimate of drug-likeness (QED) is 0.772. The molecular formula is C19H25N3O3S2. The highest BCUT2D eigenvalue weighted by Crippen LogP contribution is 2.35. The van der Waals surface area contributed by atoms with E-state index in [1.54, 1.807) is 35.6 Å². The van der Waals surface area contributed by atoms with Gasteiger partial charge in [-0.15, -0.1) is 11.3 Å². The third kappa shape index (κ3) is 4.88. The number of rotatable bonds is 6. The van der Waals surface area contributed by atoms with Gasteiger partial charge in [-0.1, -0.05) is 0 Å². The zero-order valence-electron chi connectivity index (χ0n) is 15.7. The molecule has 2 unspecified atom stereocenters. The molecule has 2 N–H and O–H groups in total. The molecule has 0 aliphatic carbocycles. The molecule has 27 heavy (non-hydrogen) atoms. The van der Waals surface area contributed by atoms with Gasteiger partial charge in [0.1, 0.15) is 0 Å². The van der Waals surface area contributed by atoms with E-state index in [9.17, 15) is 13.2 Å². The van der Waals surface area contributed by atoms with Crippen molar-refractivity contribution >= 4 is 33.0 Å². The monoisotopic (exact) mass is 407 g/mol. The van der Waals surface area contributed by atoms with E-state index in [1.807, 2.05) is 0 Å². The van der Waals surface area contributed by atoms with Gasteiger partial charge in [0.25, 0.3) is 5.91 Å². The first-order chi connectivity index (χ1) is 12.7. The van der Waals surface area contributed by atoms with Gasteiger partial charge in [0.15, 0.2) is 0 Å². The topological polar surface area (TPSA) is 78.5 Å². The first-order valence-electron chi connectivity index (χ1n) is 8.92. The molecule has 0 fully saturated rings. The maximum Gasteiger partial charge on any atom is 0.251 e. The minimum Gasteiger partial charge on any atom is -0.351 e. The van der Waals surface area contributed by atoms with Crippen LogP contribution in [0.4, 0.5) is 5.69 Å². The summed E-state index contributed by atoms with van der Waals surface area (Å²) in [5.74, 6) is -0.157. The summed E-state index contributed by atoms with van der Waals surface area (Å²) >= 11 is 1.80. The summed E-state index contributed by atoms with van der Waals surface area (Å²) in [7, 11) is -3.32. The van der Waals surface area contributed by atoms with Crippen molar-refractivity contribution in [3.05, 3.63) is 51.7 Å². The van der Waals surface area contributed by atoms with E-state index in [2.05, 4.69) is 40.2 Å². The second-order valence-electron chi connectivity index (χ2n) is 6.98. The van der Waals surface area contributed by atoms with Crippen LogP contribution in [0.1, 0.15) is 40.7 Å². The third-order valence-electron chi connectivity index (χ3n) is 4.85. The molecule has 2 atom stereocenters. The van der Waals surface area contributed by atoms with E-state index in [0.717, 1.165) is 19.2 Å². The van der Waals surface area contributed by atoms with Gasteiger partial charge in [0, 0.05) is 41.3 Å². The normalized spacial score (nSPS) is 20.1. The maximum absolute atomic E-state index is 12.3. The van der Waals surface area contributed by atoms with Gasteiger partial charge < -0.3 is 5.32 Å². The van der Waals surface area contributed by atoms with E-state index in [0.29, 0.717) is 29.9 Å². The molecule has 0 bridgehead atoms. The van der Waals surface area contributed by atoms with E-state index in [4.69, 9.17) is 0 Å².